The van der Waals surface area contributed by atoms with E-state index in [0.29, 0.717) is 31.5 Å². The van der Waals surface area contributed by atoms with Crippen LogP contribution in [-0.2, 0) is 28.6 Å². The van der Waals surface area contributed by atoms with Crippen LogP contribution < -0.4 is 5.32 Å². The number of likely N-dealkylation sites (N-methyl/N-ethyl adjacent to an activating group) is 1. The highest BCUT2D eigenvalue weighted by Gasteiger charge is 2.48. The van der Waals surface area contributed by atoms with E-state index in [1.165, 1.54) is 19.1 Å². The summed E-state index contributed by atoms with van der Waals surface area (Å²) in [7, 11) is 1.89. The van der Waals surface area contributed by atoms with Gasteiger partial charge in [-0.1, -0.05) is 13.3 Å². The second-order valence-electron chi connectivity index (χ2n) is 10.7. The number of carbonyl (C=O) groups is 3. The minimum Gasteiger partial charge on any atom is -0.477 e. The van der Waals surface area contributed by atoms with Crippen molar-refractivity contribution in [3.63, 3.8) is 0 Å². The third kappa shape index (κ3) is 7.65. The van der Waals surface area contributed by atoms with E-state index in [2.05, 4.69) is 10.2 Å². The molecule has 0 radical (unpaired) electrons. The first-order chi connectivity index (χ1) is 18.3. The maximum absolute atomic E-state index is 12.4. The molecule has 214 valence electrons. The van der Waals surface area contributed by atoms with E-state index < -0.39 is 23.2 Å². The zero-order valence-electron chi connectivity index (χ0n) is 24.4. The number of nitrogens with one attached hydrogen (secondary N) is 1. The average molecular weight is 543 g/mol. The van der Waals surface area contributed by atoms with E-state index in [0.717, 1.165) is 12.8 Å². The molecule has 2 saturated heterocycles. The number of Topliss-reactive ketones (excluding diaryl/α,β-unsaturated/α-hetero) is 1. The lowest BCUT2D eigenvalue weighted by atomic mass is 9.95. The third-order valence-electron chi connectivity index (χ3n) is 7.01. The maximum Gasteiger partial charge on any atom is 0.341 e. The Bertz CT molecular complexity index is 1110. The molecule has 1 unspecified atom stereocenters. The lowest BCUT2D eigenvalue weighted by Gasteiger charge is -2.37. The lowest BCUT2D eigenvalue weighted by Crippen LogP contribution is -2.51. The monoisotopic (exact) mass is 542 g/mol. The van der Waals surface area contributed by atoms with Gasteiger partial charge in [0.15, 0.2) is 17.5 Å². The third-order valence-corrected chi connectivity index (χ3v) is 7.01. The zero-order chi connectivity index (χ0) is 29.4. The van der Waals surface area contributed by atoms with Crippen LogP contribution in [0.2, 0.25) is 0 Å². The lowest BCUT2D eigenvalue weighted by molar-refractivity contribution is -0.139. The van der Waals surface area contributed by atoms with Crippen LogP contribution in [0.1, 0.15) is 61.3 Å². The Labute approximate surface area is 231 Å². The van der Waals surface area contributed by atoms with Gasteiger partial charge >= 0.3 is 5.97 Å². The molecule has 10 nitrogen and oxygen atoms in total. The van der Waals surface area contributed by atoms with Gasteiger partial charge in [-0.2, -0.15) is 5.26 Å². The van der Waals surface area contributed by atoms with Gasteiger partial charge in [-0.3, -0.25) is 9.59 Å². The molecule has 2 aliphatic rings. The van der Waals surface area contributed by atoms with Crippen LogP contribution in [-0.4, -0.2) is 78.0 Å². The SMILES string of the molecule is CCCCNC(=O)/C(C#N)=C/C=C1\OCC(C)(C)N1CC1O/C(=C\C=C(/C(C)=O)C(=O)OCC)N(C)C1(C)C. The largest absolute Gasteiger partial charge is 0.477 e. The summed E-state index contributed by atoms with van der Waals surface area (Å²) < 4.78 is 17.3. The minimum atomic E-state index is -0.673. The second-order valence-corrected chi connectivity index (χ2v) is 10.7. The number of rotatable bonds is 11. The number of allylic oxidation sites excluding steroid dienone is 4. The average Bonchev–Trinajstić information content (AvgIpc) is 3.26. The van der Waals surface area contributed by atoms with Crippen LogP contribution in [0, 0.1) is 11.3 Å². The maximum atomic E-state index is 12.4. The summed E-state index contributed by atoms with van der Waals surface area (Å²) in [6.07, 6.45) is 7.64. The molecule has 0 aromatic carbocycles. The summed E-state index contributed by atoms with van der Waals surface area (Å²) in [5.41, 5.74) is -0.868. The molecule has 0 aromatic rings. The van der Waals surface area contributed by atoms with E-state index in [9.17, 15) is 19.6 Å². The van der Waals surface area contributed by atoms with Crippen molar-refractivity contribution in [1.29, 1.82) is 5.26 Å². The normalized spacial score (nSPS) is 22.4. The standard InChI is InChI=1S/C29H42N4O6/c1-9-11-16-31-26(35)21(17-30)12-14-25-33(28(4,5)19-38-25)18-23-29(6,7)32(8)24(39-23)15-13-22(20(3)34)27(36)37-10-2/h12-15,23H,9-11,16,18-19H2,1-8H3,(H,31,35)/b21-12+,22-13+,24-15-,25-14-. The number of ether oxygens (including phenoxy) is 3. The van der Waals surface area contributed by atoms with Gasteiger partial charge in [0.05, 0.1) is 24.2 Å². The van der Waals surface area contributed by atoms with E-state index in [1.807, 2.05) is 52.6 Å². The fourth-order valence-corrected chi connectivity index (χ4v) is 4.11. The molecule has 0 saturated carbocycles. The van der Waals surface area contributed by atoms with E-state index in [-0.39, 0.29) is 29.4 Å². The Kier molecular flexibility index (Phi) is 10.8. The summed E-state index contributed by atoms with van der Waals surface area (Å²) >= 11 is 0. The highest BCUT2D eigenvalue weighted by Crippen LogP contribution is 2.38. The number of unbranched alkanes of at least 4 members (excludes halogenated alkanes) is 1. The zero-order valence-corrected chi connectivity index (χ0v) is 24.4. The van der Waals surface area contributed by atoms with Gasteiger partial charge in [-0.15, -0.1) is 0 Å². The Hall–Kier alpha value is -3.74. The molecule has 2 heterocycles. The number of carbonyl (C=O) groups excluding carboxylic acids is 3. The van der Waals surface area contributed by atoms with Crippen molar-refractivity contribution in [3.8, 4) is 6.07 Å². The van der Waals surface area contributed by atoms with Crippen LogP contribution in [0.15, 0.2) is 47.2 Å². The first-order valence-electron chi connectivity index (χ1n) is 13.3. The van der Waals surface area contributed by atoms with Crippen molar-refractivity contribution in [1.82, 2.24) is 15.1 Å². The van der Waals surface area contributed by atoms with Crippen molar-refractivity contribution in [3.05, 3.63) is 47.2 Å². The van der Waals surface area contributed by atoms with Gasteiger partial charge in [-0.25, -0.2) is 4.79 Å². The van der Waals surface area contributed by atoms with Gasteiger partial charge in [0.25, 0.3) is 5.91 Å². The summed E-state index contributed by atoms with van der Waals surface area (Å²) in [5.74, 6) is -0.435. The number of amides is 1. The number of nitrogens with zero attached hydrogens (tertiary/aromatic N) is 3. The summed E-state index contributed by atoms with van der Waals surface area (Å²) in [6, 6.07) is 1.96. The molecule has 0 spiro atoms. The van der Waals surface area contributed by atoms with Gasteiger partial charge in [0, 0.05) is 13.6 Å². The molecule has 2 rings (SSSR count). The van der Waals surface area contributed by atoms with E-state index in [1.54, 1.807) is 19.1 Å². The summed E-state index contributed by atoms with van der Waals surface area (Å²) in [5, 5.41) is 12.2. The fourth-order valence-electron chi connectivity index (χ4n) is 4.11. The molecule has 0 aliphatic carbocycles. The molecule has 0 bridgehead atoms. The van der Waals surface area contributed by atoms with Gasteiger partial charge in [0.2, 0.25) is 0 Å². The first kappa shape index (κ1) is 31.5. The predicted octanol–water partition coefficient (Wildman–Crippen LogP) is 3.33. The van der Waals surface area contributed by atoms with Crippen molar-refractivity contribution >= 4 is 17.7 Å². The summed E-state index contributed by atoms with van der Waals surface area (Å²) in [4.78, 5) is 40.5. The van der Waals surface area contributed by atoms with Crippen LogP contribution in [0.3, 0.4) is 0 Å². The highest BCUT2D eigenvalue weighted by molar-refractivity contribution is 6.16. The van der Waals surface area contributed by atoms with E-state index in [4.69, 9.17) is 14.2 Å². The molecule has 0 aromatic heterocycles. The number of ketones is 1. The van der Waals surface area contributed by atoms with Gasteiger partial charge < -0.3 is 29.3 Å². The molecule has 10 heteroatoms. The number of esters is 1. The van der Waals surface area contributed by atoms with Crippen LogP contribution in [0.25, 0.3) is 0 Å². The topological polar surface area (TPSA) is 121 Å². The van der Waals surface area contributed by atoms with Crippen molar-refractivity contribution in [2.24, 2.45) is 0 Å². The number of nitriles is 1. The fraction of sp³-hybridized carbons (Fsp3) is 0.586. The summed E-state index contributed by atoms with van der Waals surface area (Å²) in [6.45, 7) is 14.8. The van der Waals surface area contributed by atoms with Crippen molar-refractivity contribution in [2.45, 2.75) is 78.5 Å². The quantitative estimate of drug-likeness (QED) is 0.105. The van der Waals surface area contributed by atoms with Crippen LogP contribution in [0.5, 0.6) is 0 Å². The number of hydrogen-bond acceptors (Lipinski definition) is 9. The van der Waals surface area contributed by atoms with E-state index >= 15 is 0 Å². The number of hydrogen-bond donors (Lipinski definition) is 1. The predicted molar refractivity (Wildman–Crippen MR) is 147 cm³/mol. The first-order valence-corrected chi connectivity index (χ1v) is 13.3. The second kappa shape index (κ2) is 13.4. The van der Waals surface area contributed by atoms with Crippen molar-refractivity contribution in [2.75, 3.05) is 33.4 Å². The molecule has 1 amide bonds. The van der Waals surface area contributed by atoms with Gasteiger partial charge in [0.1, 0.15) is 29.9 Å². The molecule has 1 atom stereocenters. The molecule has 39 heavy (non-hydrogen) atoms. The Morgan fingerprint density at radius 2 is 1.82 bits per heavy atom. The minimum absolute atomic E-state index is 0.00363. The Balaban J connectivity index is 2.31. The molecular formula is C29H42N4O6. The van der Waals surface area contributed by atoms with Crippen molar-refractivity contribution < 1.29 is 28.6 Å². The Morgan fingerprint density at radius 3 is 2.41 bits per heavy atom. The highest BCUT2D eigenvalue weighted by atomic mass is 16.5. The smallest absolute Gasteiger partial charge is 0.341 e. The van der Waals surface area contributed by atoms with Crippen LogP contribution >= 0.6 is 0 Å². The molecular weight excluding hydrogens is 500 g/mol. The van der Waals surface area contributed by atoms with Crippen LogP contribution in [0.4, 0.5) is 0 Å². The van der Waals surface area contributed by atoms with Gasteiger partial charge in [-0.05, 0) is 72.3 Å². The Morgan fingerprint density at radius 1 is 1.15 bits per heavy atom. The molecule has 2 aliphatic heterocycles. The molecule has 2 fully saturated rings. The molecule has 1 N–H and O–H groups in total.